The van der Waals surface area contributed by atoms with Crippen molar-refractivity contribution in [1.82, 2.24) is 0 Å². The van der Waals surface area contributed by atoms with E-state index in [9.17, 15) is 0 Å². The molecule has 3 rings (SSSR count). The first-order chi connectivity index (χ1) is 10.3. The summed E-state index contributed by atoms with van der Waals surface area (Å²) < 4.78 is 0. The third-order valence-electron chi connectivity index (χ3n) is 5.34. The molecule has 0 radical (unpaired) electrons. The number of nitrogens with zero attached hydrogens (tertiary/aromatic N) is 2. The quantitative estimate of drug-likeness (QED) is 0.541. The van der Waals surface area contributed by atoms with Gasteiger partial charge in [0, 0.05) is 0 Å². The molecule has 0 aromatic carbocycles. The normalized spacial score (nSPS) is 28.9. The predicted octanol–water partition coefficient (Wildman–Crippen LogP) is 4.30. The Hall–Kier alpha value is -1.06. The molecule has 0 aromatic heterocycles. The highest BCUT2D eigenvalue weighted by molar-refractivity contribution is 5.86. The van der Waals surface area contributed by atoms with Crippen molar-refractivity contribution >= 4 is 11.4 Å². The highest BCUT2D eigenvalue weighted by atomic mass is 16.6. The maximum Gasteiger partial charge on any atom is 0.117 e. The molecule has 1 atom stereocenters. The number of hydrogen-bond acceptors (Lipinski definition) is 4. The van der Waals surface area contributed by atoms with Crippen molar-refractivity contribution in [3.63, 3.8) is 0 Å². The van der Waals surface area contributed by atoms with E-state index in [2.05, 4.69) is 10.3 Å². The second-order valence-electron chi connectivity index (χ2n) is 6.96. The maximum absolute atomic E-state index is 5.56. The Balaban J connectivity index is 1.30. The van der Waals surface area contributed by atoms with Gasteiger partial charge in [-0.2, -0.15) is 0 Å². The third-order valence-corrected chi connectivity index (χ3v) is 5.34. The minimum absolute atomic E-state index is 0.663. The van der Waals surface area contributed by atoms with Gasteiger partial charge in [0.2, 0.25) is 0 Å². The number of rotatable bonds is 6. The van der Waals surface area contributed by atoms with Gasteiger partial charge in [0.15, 0.2) is 0 Å². The van der Waals surface area contributed by atoms with Crippen LogP contribution in [0.5, 0.6) is 0 Å². The van der Waals surface area contributed by atoms with Gasteiger partial charge in [0.25, 0.3) is 0 Å². The molecule has 0 amide bonds. The average molecular weight is 292 g/mol. The van der Waals surface area contributed by atoms with Gasteiger partial charge in [-0.3, -0.25) is 0 Å². The summed E-state index contributed by atoms with van der Waals surface area (Å²) >= 11 is 0. The molecule has 0 bridgehead atoms. The minimum atomic E-state index is 0.663. The van der Waals surface area contributed by atoms with Crippen LogP contribution in [0.2, 0.25) is 0 Å². The lowest BCUT2D eigenvalue weighted by molar-refractivity contribution is 0.127. The van der Waals surface area contributed by atoms with Crippen LogP contribution < -0.4 is 0 Å². The second kappa shape index (κ2) is 6.80. The molecular weight excluding hydrogens is 264 g/mol. The molecule has 4 heteroatoms. The molecule has 118 valence electrons. The van der Waals surface area contributed by atoms with Crippen LogP contribution in [0, 0.1) is 11.3 Å². The summed E-state index contributed by atoms with van der Waals surface area (Å²) in [7, 11) is 0. The molecule has 3 aliphatic rings. The zero-order chi connectivity index (χ0) is 14.5. The Bertz CT molecular complexity index is 401. The van der Waals surface area contributed by atoms with Crippen molar-refractivity contribution in [1.29, 1.82) is 0 Å². The molecule has 0 aromatic rings. The van der Waals surface area contributed by atoms with Crippen LogP contribution in [-0.4, -0.2) is 24.6 Å². The van der Waals surface area contributed by atoms with Gasteiger partial charge in [0.05, 0.1) is 11.4 Å². The third kappa shape index (κ3) is 4.21. The van der Waals surface area contributed by atoms with Crippen molar-refractivity contribution in [3.05, 3.63) is 0 Å². The van der Waals surface area contributed by atoms with E-state index in [-0.39, 0.29) is 0 Å². The molecule has 4 nitrogen and oxygen atoms in total. The van der Waals surface area contributed by atoms with Crippen LogP contribution in [0.3, 0.4) is 0 Å². The van der Waals surface area contributed by atoms with Crippen LogP contribution in [0.4, 0.5) is 0 Å². The van der Waals surface area contributed by atoms with Crippen molar-refractivity contribution in [2.24, 2.45) is 21.6 Å². The first-order valence-corrected chi connectivity index (χ1v) is 8.65. The summed E-state index contributed by atoms with van der Waals surface area (Å²) in [6.45, 7) is 3.39. The monoisotopic (exact) mass is 292 g/mol. The van der Waals surface area contributed by atoms with Crippen molar-refractivity contribution in [2.75, 3.05) is 13.2 Å². The van der Waals surface area contributed by atoms with Crippen molar-refractivity contribution in [3.8, 4) is 0 Å². The molecule has 3 fully saturated rings. The Morgan fingerprint density at radius 3 is 2.48 bits per heavy atom. The summed E-state index contributed by atoms with van der Waals surface area (Å²) in [6.07, 6.45) is 12.4. The summed E-state index contributed by atoms with van der Waals surface area (Å²) in [5.74, 6) is 0.700. The van der Waals surface area contributed by atoms with E-state index in [0.29, 0.717) is 12.5 Å². The Morgan fingerprint density at radius 1 is 1.00 bits per heavy atom. The topological polar surface area (TPSA) is 43.2 Å². The van der Waals surface area contributed by atoms with Gasteiger partial charge in [-0.05, 0) is 82.5 Å². The summed E-state index contributed by atoms with van der Waals surface area (Å²) in [6, 6.07) is 0. The maximum atomic E-state index is 5.56. The lowest BCUT2D eigenvalue weighted by Gasteiger charge is -2.21. The van der Waals surface area contributed by atoms with E-state index in [1.807, 2.05) is 6.92 Å². The van der Waals surface area contributed by atoms with E-state index in [0.717, 1.165) is 44.1 Å². The second-order valence-corrected chi connectivity index (χ2v) is 6.96. The summed E-state index contributed by atoms with van der Waals surface area (Å²) in [5, 5.41) is 8.53. The average Bonchev–Trinajstić information content (AvgIpc) is 3.10. The van der Waals surface area contributed by atoms with Gasteiger partial charge in [-0.1, -0.05) is 10.3 Å². The van der Waals surface area contributed by atoms with Crippen LogP contribution in [0.15, 0.2) is 10.3 Å². The first-order valence-electron chi connectivity index (χ1n) is 8.65. The number of hydrogen-bond donors (Lipinski definition) is 0. The fraction of sp³-hybridized carbons (Fsp3) is 0.882. The predicted molar refractivity (Wildman–Crippen MR) is 84.5 cm³/mol. The Labute approximate surface area is 127 Å². The van der Waals surface area contributed by atoms with Crippen LogP contribution in [0.1, 0.15) is 71.1 Å². The summed E-state index contributed by atoms with van der Waals surface area (Å²) in [5.41, 5.74) is 3.24. The Morgan fingerprint density at radius 2 is 1.76 bits per heavy atom. The molecule has 1 unspecified atom stereocenters. The highest BCUT2D eigenvalue weighted by Gasteiger charge is 2.44. The SMILES string of the molecule is CCON=C1CCC(CCON=C2CCC3(CC2)CC3)C1. The standard InChI is InChI=1S/C17H28N2O2/c1-2-20-19-16-4-3-14(13-16)7-12-21-18-15-5-8-17(9-6-15)10-11-17/h14H,2-13H2,1H3. The molecule has 1 spiro atoms. The fourth-order valence-electron chi connectivity index (χ4n) is 3.59. The van der Waals surface area contributed by atoms with E-state index in [4.69, 9.17) is 9.68 Å². The lowest BCUT2D eigenvalue weighted by Crippen LogP contribution is -2.15. The molecule has 0 aliphatic heterocycles. The van der Waals surface area contributed by atoms with Gasteiger partial charge in [-0.15, -0.1) is 0 Å². The molecule has 0 N–H and O–H groups in total. The molecule has 3 aliphatic carbocycles. The van der Waals surface area contributed by atoms with Crippen molar-refractivity contribution < 1.29 is 9.68 Å². The van der Waals surface area contributed by atoms with E-state index >= 15 is 0 Å². The highest BCUT2D eigenvalue weighted by Crippen LogP contribution is 2.55. The van der Waals surface area contributed by atoms with Crippen LogP contribution in [0.25, 0.3) is 0 Å². The van der Waals surface area contributed by atoms with Gasteiger partial charge < -0.3 is 9.68 Å². The van der Waals surface area contributed by atoms with Gasteiger partial charge >= 0.3 is 0 Å². The van der Waals surface area contributed by atoms with E-state index in [1.54, 1.807) is 0 Å². The largest absolute Gasteiger partial charge is 0.396 e. The first kappa shape index (κ1) is 14.9. The molecule has 3 saturated carbocycles. The molecule has 21 heavy (non-hydrogen) atoms. The van der Waals surface area contributed by atoms with Gasteiger partial charge in [-0.25, -0.2) is 0 Å². The number of oxime groups is 2. The minimum Gasteiger partial charge on any atom is -0.396 e. The van der Waals surface area contributed by atoms with Crippen LogP contribution in [-0.2, 0) is 9.68 Å². The van der Waals surface area contributed by atoms with E-state index < -0.39 is 0 Å². The zero-order valence-electron chi connectivity index (χ0n) is 13.3. The zero-order valence-corrected chi connectivity index (χ0v) is 13.3. The Kier molecular flexibility index (Phi) is 4.81. The van der Waals surface area contributed by atoms with Gasteiger partial charge in [0.1, 0.15) is 13.2 Å². The molecule has 0 heterocycles. The summed E-state index contributed by atoms with van der Waals surface area (Å²) in [4.78, 5) is 10.7. The lowest BCUT2D eigenvalue weighted by atomic mass is 9.85. The van der Waals surface area contributed by atoms with Crippen molar-refractivity contribution in [2.45, 2.75) is 71.1 Å². The smallest absolute Gasteiger partial charge is 0.117 e. The fourth-order valence-corrected chi connectivity index (χ4v) is 3.59. The molecular formula is C17H28N2O2. The van der Waals surface area contributed by atoms with E-state index in [1.165, 1.54) is 43.5 Å². The van der Waals surface area contributed by atoms with Crippen LogP contribution >= 0.6 is 0 Å². The molecule has 0 saturated heterocycles.